The number of nitrogen functional groups attached to an aromatic ring is 1. The number of aliphatic hydroxyl groups is 1. The summed E-state index contributed by atoms with van der Waals surface area (Å²) in [5.41, 5.74) is 6.25. The summed E-state index contributed by atoms with van der Waals surface area (Å²) in [6.07, 6.45) is 3.92. The van der Waals surface area contributed by atoms with Gasteiger partial charge in [-0.3, -0.25) is 4.98 Å². The Morgan fingerprint density at radius 2 is 2.47 bits per heavy atom. The highest BCUT2D eigenvalue weighted by Crippen LogP contribution is 2.19. The summed E-state index contributed by atoms with van der Waals surface area (Å²) in [6, 6.07) is 1.78. The molecule has 2 heterocycles. The maximum Gasteiger partial charge on any atom is 0.107 e. The Bertz CT molecular complexity index is 337. The van der Waals surface area contributed by atoms with E-state index < -0.39 is 5.60 Å². The van der Waals surface area contributed by atoms with Gasteiger partial charge in [0.05, 0.1) is 24.2 Å². The number of hydrogen-bond acceptors (Lipinski definition) is 5. The Labute approximate surface area is 88.3 Å². The van der Waals surface area contributed by atoms with Crippen molar-refractivity contribution in [2.75, 3.05) is 30.8 Å². The first-order chi connectivity index (χ1) is 7.18. The topological polar surface area (TPSA) is 80.4 Å². The number of hydrogen-bond donors (Lipinski definition) is 3. The molecule has 1 aromatic rings. The van der Waals surface area contributed by atoms with E-state index in [1.807, 2.05) is 0 Å². The van der Waals surface area contributed by atoms with Gasteiger partial charge in [0.15, 0.2) is 0 Å². The molecule has 5 heteroatoms. The minimum Gasteiger partial charge on any atom is -0.397 e. The van der Waals surface area contributed by atoms with Gasteiger partial charge in [-0.15, -0.1) is 0 Å². The summed E-state index contributed by atoms with van der Waals surface area (Å²) in [6.45, 7) is 1.46. The summed E-state index contributed by atoms with van der Waals surface area (Å²) in [5, 5.41) is 13.1. The van der Waals surface area contributed by atoms with Crippen molar-refractivity contribution in [3.8, 4) is 0 Å². The van der Waals surface area contributed by atoms with Gasteiger partial charge in [0.1, 0.15) is 5.60 Å². The van der Waals surface area contributed by atoms with Crippen molar-refractivity contribution in [1.82, 2.24) is 4.98 Å². The second-order valence-corrected chi connectivity index (χ2v) is 3.89. The van der Waals surface area contributed by atoms with Gasteiger partial charge in [0.2, 0.25) is 0 Å². The van der Waals surface area contributed by atoms with Crippen LogP contribution in [-0.2, 0) is 4.74 Å². The van der Waals surface area contributed by atoms with Crippen molar-refractivity contribution in [3.05, 3.63) is 18.5 Å². The lowest BCUT2D eigenvalue weighted by Crippen LogP contribution is -2.37. The van der Waals surface area contributed by atoms with Gasteiger partial charge in [-0.1, -0.05) is 0 Å². The van der Waals surface area contributed by atoms with Crippen LogP contribution in [0.5, 0.6) is 0 Å². The molecule has 0 aromatic carbocycles. The van der Waals surface area contributed by atoms with Crippen LogP contribution < -0.4 is 11.1 Å². The van der Waals surface area contributed by atoms with E-state index in [-0.39, 0.29) is 0 Å². The van der Waals surface area contributed by atoms with Gasteiger partial charge in [0.25, 0.3) is 0 Å². The van der Waals surface area contributed by atoms with E-state index in [0.717, 1.165) is 5.69 Å². The van der Waals surface area contributed by atoms with Crippen LogP contribution in [0.15, 0.2) is 18.5 Å². The Balaban J connectivity index is 1.92. The van der Waals surface area contributed by atoms with Gasteiger partial charge < -0.3 is 20.9 Å². The van der Waals surface area contributed by atoms with Crippen molar-refractivity contribution >= 4 is 11.4 Å². The SMILES string of the molecule is Nc1cncc(NCC2(O)CCOC2)c1. The van der Waals surface area contributed by atoms with Crippen LogP contribution in [0.2, 0.25) is 0 Å². The standard InChI is InChI=1S/C10H15N3O2/c11-8-3-9(5-12-4-8)13-6-10(14)1-2-15-7-10/h3-5,13-14H,1-2,6-7,11H2. The van der Waals surface area contributed by atoms with Crippen LogP contribution >= 0.6 is 0 Å². The van der Waals surface area contributed by atoms with E-state index >= 15 is 0 Å². The number of ether oxygens (including phenoxy) is 1. The molecule has 82 valence electrons. The molecular weight excluding hydrogens is 194 g/mol. The zero-order valence-electron chi connectivity index (χ0n) is 8.44. The van der Waals surface area contributed by atoms with Crippen molar-refractivity contribution in [3.63, 3.8) is 0 Å². The zero-order chi connectivity index (χ0) is 10.7. The molecule has 0 aliphatic carbocycles. The van der Waals surface area contributed by atoms with Crippen LogP contribution in [0.25, 0.3) is 0 Å². The predicted molar refractivity (Wildman–Crippen MR) is 57.5 cm³/mol. The molecule has 1 saturated heterocycles. The van der Waals surface area contributed by atoms with E-state index in [0.29, 0.717) is 31.9 Å². The van der Waals surface area contributed by atoms with Gasteiger partial charge in [-0.05, 0) is 6.07 Å². The number of aromatic nitrogens is 1. The third kappa shape index (κ3) is 2.57. The third-order valence-electron chi connectivity index (χ3n) is 2.46. The quantitative estimate of drug-likeness (QED) is 0.664. The minimum atomic E-state index is -0.759. The average molecular weight is 209 g/mol. The highest BCUT2D eigenvalue weighted by molar-refractivity contribution is 5.51. The lowest BCUT2D eigenvalue weighted by Gasteiger charge is -2.21. The van der Waals surface area contributed by atoms with Crippen molar-refractivity contribution in [2.24, 2.45) is 0 Å². The monoisotopic (exact) mass is 209 g/mol. The Morgan fingerprint density at radius 3 is 3.13 bits per heavy atom. The van der Waals surface area contributed by atoms with Crippen LogP contribution in [0.4, 0.5) is 11.4 Å². The Kier molecular flexibility index (Phi) is 2.75. The van der Waals surface area contributed by atoms with Gasteiger partial charge in [0, 0.05) is 25.8 Å². The molecule has 0 amide bonds. The van der Waals surface area contributed by atoms with E-state index in [4.69, 9.17) is 10.5 Å². The van der Waals surface area contributed by atoms with Crippen molar-refractivity contribution < 1.29 is 9.84 Å². The fraction of sp³-hybridized carbons (Fsp3) is 0.500. The largest absolute Gasteiger partial charge is 0.397 e. The number of rotatable bonds is 3. The molecule has 2 rings (SSSR count). The molecule has 1 fully saturated rings. The molecule has 0 spiro atoms. The van der Waals surface area contributed by atoms with Gasteiger partial charge >= 0.3 is 0 Å². The number of anilines is 2. The Morgan fingerprint density at radius 1 is 1.60 bits per heavy atom. The molecular formula is C10H15N3O2. The van der Waals surface area contributed by atoms with E-state index in [2.05, 4.69) is 10.3 Å². The molecule has 1 aromatic heterocycles. The number of nitrogens with zero attached hydrogens (tertiary/aromatic N) is 1. The number of nitrogens with one attached hydrogen (secondary N) is 1. The third-order valence-corrected chi connectivity index (χ3v) is 2.46. The van der Waals surface area contributed by atoms with Crippen molar-refractivity contribution in [1.29, 1.82) is 0 Å². The number of nitrogens with two attached hydrogens (primary N) is 1. The second kappa shape index (κ2) is 4.04. The fourth-order valence-corrected chi connectivity index (χ4v) is 1.56. The van der Waals surface area contributed by atoms with Crippen LogP contribution in [-0.4, -0.2) is 35.5 Å². The van der Waals surface area contributed by atoms with Gasteiger partial charge in [-0.2, -0.15) is 0 Å². The normalized spacial score (nSPS) is 25.4. The second-order valence-electron chi connectivity index (χ2n) is 3.89. The molecule has 15 heavy (non-hydrogen) atoms. The lowest BCUT2D eigenvalue weighted by atomic mass is 10.0. The van der Waals surface area contributed by atoms with E-state index in [1.54, 1.807) is 18.5 Å². The highest BCUT2D eigenvalue weighted by atomic mass is 16.5. The molecule has 1 unspecified atom stereocenters. The molecule has 5 nitrogen and oxygen atoms in total. The summed E-state index contributed by atoms with van der Waals surface area (Å²) in [4.78, 5) is 3.95. The van der Waals surface area contributed by atoms with E-state index in [9.17, 15) is 5.11 Å². The molecule has 4 N–H and O–H groups in total. The summed E-state index contributed by atoms with van der Waals surface area (Å²) < 4.78 is 5.14. The first-order valence-electron chi connectivity index (χ1n) is 4.92. The zero-order valence-corrected chi connectivity index (χ0v) is 8.44. The smallest absolute Gasteiger partial charge is 0.107 e. The molecule has 1 atom stereocenters. The fourth-order valence-electron chi connectivity index (χ4n) is 1.56. The van der Waals surface area contributed by atoms with Crippen LogP contribution in [0.1, 0.15) is 6.42 Å². The van der Waals surface area contributed by atoms with Crippen LogP contribution in [0, 0.1) is 0 Å². The first-order valence-corrected chi connectivity index (χ1v) is 4.92. The molecule has 0 radical (unpaired) electrons. The van der Waals surface area contributed by atoms with Crippen molar-refractivity contribution in [2.45, 2.75) is 12.0 Å². The summed E-state index contributed by atoms with van der Waals surface area (Å²) in [7, 11) is 0. The summed E-state index contributed by atoms with van der Waals surface area (Å²) >= 11 is 0. The molecule has 1 aliphatic rings. The van der Waals surface area contributed by atoms with Gasteiger partial charge in [-0.25, -0.2) is 0 Å². The molecule has 0 saturated carbocycles. The number of pyridine rings is 1. The molecule has 0 bridgehead atoms. The van der Waals surface area contributed by atoms with Crippen LogP contribution in [0.3, 0.4) is 0 Å². The first kappa shape index (κ1) is 10.2. The van der Waals surface area contributed by atoms with E-state index in [1.165, 1.54) is 0 Å². The maximum absolute atomic E-state index is 9.98. The highest BCUT2D eigenvalue weighted by Gasteiger charge is 2.31. The minimum absolute atomic E-state index is 0.385. The Hall–Kier alpha value is -1.33. The average Bonchev–Trinajstić information content (AvgIpc) is 2.63. The predicted octanol–water partition coefficient (Wildman–Crippen LogP) is 0.227. The lowest BCUT2D eigenvalue weighted by molar-refractivity contribution is 0.0382. The molecule has 1 aliphatic heterocycles. The maximum atomic E-state index is 9.98. The summed E-state index contributed by atoms with van der Waals surface area (Å²) in [5.74, 6) is 0.